The van der Waals surface area contributed by atoms with Crippen LogP contribution >= 0.6 is 0 Å². The highest BCUT2D eigenvalue weighted by Gasteiger charge is 2.18. The zero-order chi connectivity index (χ0) is 14.6. The summed E-state index contributed by atoms with van der Waals surface area (Å²) < 4.78 is 0. The lowest BCUT2D eigenvalue weighted by atomic mass is 10.1. The molecule has 7 heteroatoms. The zero-order valence-electron chi connectivity index (χ0n) is 10.8. The highest BCUT2D eigenvalue weighted by atomic mass is 16.2. The van der Waals surface area contributed by atoms with Gasteiger partial charge in [-0.2, -0.15) is 5.26 Å². The van der Waals surface area contributed by atoms with Gasteiger partial charge in [-0.05, 0) is 19.9 Å². The highest BCUT2D eigenvalue weighted by Crippen LogP contribution is 2.22. The van der Waals surface area contributed by atoms with Crippen LogP contribution in [0.3, 0.4) is 0 Å². The summed E-state index contributed by atoms with van der Waals surface area (Å²) in [5.41, 5.74) is 12.2. The molecule has 0 radical (unpaired) electrons. The van der Waals surface area contributed by atoms with E-state index in [0.29, 0.717) is 22.6 Å². The number of nitrogens with two attached hydrogens (primary N) is 2. The first-order chi connectivity index (χ1) is 8.85. The van der Waals surface area contributed by atoms with Gasteiger partial charge in [-0.3, -0.25) is 14.6 Å². The molecule has 0 aliphatic rings. The van der Waals surface area contributed by atoms with Crippen molar-refractivity contribution in [2.24, 2.45) is 11.5 Å². The van der Waals surface area contributed by atoms with Gasteiger partial charge in [0.2, 0.25) is 11.8 Å². The number of nitriles is 1. The van der Waals surface area contributed by atoms with E-state index in [9.17, 15) is 9.59 Å². The van der Waals surface area contributed by atoms with Crippen LogP contribution in [0.4, 0.5) is 5.69 Å². The molecule has 1 aromatic rings. The number of anilines is 1. The van der Waals surface area contributed by atoms with E-state index >= 15 is 0 Å². The van der Waals surface area contributed by atoms with Gasteiger partial charge in [-0.15, -0.1) is 0 Å². The number of pyridine rings is 1. The van der Waals surface area contributed by atoms with E-state index in [4.69, 9.17) is 16.7 Å². The van der Waals surface area contributed by atoms with E-state index < -0.39 is 11.8 Å². The summed E-state index contributed by atoms with van der Waals surface area (Å²) in [4.78, 5) is 27.7. The average molecular weight is 261 g/mol. The Hall–Kier alpha value is -2.62. The number of aromatic nitrogens is 1. The summed E-state index contributed by atoms with van der Waals surface area (Å²) in [5.74, 6) is -1.23. The quantitative estimate of drug-likeness (QED) is 0.728. The topological polar surface area (TPSA) is 126 Å². The van der Waals surface area contributed by atoms with Gasteiger partial charge in [0.1, 0.15) is 6.07 Å². The molecule has 0 unspecified atom stereocenters. The number of nitrogens with zero attached hydrogens (tertiary/aromatic N) is 3. The number of hydrogen-bond donors (Lipinski definition) is 2. The van der Waals surface area contributed by atoms with E-state index in [1.54, 1.807) is 19.9 Å². The summed E-state index contributed by atoms with van der Waals surface area (Å²) in [6.45, 7) is 3.05. The molecular weight excluding hydrogens is 246 g/mol. The number of carbonyl (C=O) groups is 2. The van der Waals surface area contributed by atoms with Crippen LogP contribution in [0.1, 0.15) is 17.0 Å². The molecule has 19 heavy (non-hydrogen) atoms. The van der Waals surface area contributed by atoms with Crippen molar-refractivity contribution < 1.29 is 9.59 Å². The van der Waals surface area contributed by atoms with Gasteiger partial charge in [-0.25, -0.2) is 0 Å². The maximum Gasteiger partial charge on any atom is 0.236 e. The van der Waals surface area contributed by atoms with E-state index in [-0.39, 0.29) is 13.1 Å². The Kier molecular flexibility index (Phi) is 4.42. The van der Waals surface area contributed by atoms with Crippen molar-refractivity contribution in [2.45, 2.75) is 13.8 Å². The Bertz CT molecular complexity index is 546. The van der Waals surface area contributed by atoms with Crippen molar-refractivity contribution in [1.82, 2.24) is 4.98 Å². The molecule has 1 rings (SSSR count). The van der Waals surface area contributed by atoms with Crippen LogP contribution in [0.15, 0.2) is 6.07 Å². The molecular formula is C12H15N5O2. The van der Waals surface area contributed by atoms with Crippen molar-refractivity contribution in [2.75, 3.05) is 18.0 Å². The molecule has 1 aromatic heterocycles. The molecule has 2 amide bonds. The first kappa shape index (κ1) is 14.4. The molecule has 0 fully saturated rings. The van der Waals surface area contributed by atoms with Crippen LogP contribution in [0.25, 0.3) is 0 Å². The van der Waals surface area contributed by atoms with Gasteiger partial charge >= 0.3 is 0 Å². The van der Waals surface area contributed by atoms with Crippen LogP contribution < -0.4 is 16.4 Å². The van der Waals surface area contributed by atoms with E-state index in [1.165, 1.54) is 4.90 Å². The Morgan fingerprint density at radius 3 is 2.26 bits per heavy atom. The smallest absolute Gasteiger partial charge is 0.236 e. The first-order valence-corrected chi connectivity index (χ1v) is 5.55. The lowest BCUT2D eigenvalue weighted by Crippen LogP contribution is -2.40. The fourth-order valence-corrected chi connectivity index (χ4v) is 1.80. The first-order valence-electron chi connectivity index (χ1n) is 5.55. The molecule has 0 saturated carbocycles. The van der Waals surface area contributed by atoms with Crippen LogP contribution in [-0.2, 0) is 9.59 Å². The summed E-state index contributed by atoms with van der Waals surface area (Å²) in [6.07, 6.45) is 0. The van der Waals surface area contributed by atoms with Crippen molar-refractivity contribution in [3.63, 3.8) is 0 Å². The maximum atomic E-state index is 11.1. The Labute approximate surface area is 110 Å². The normalized spacial score (nSPS) is 9.74. The van der Waals surface area contributed by atoms with E-state index in [2.05, 4.69) is 4.98 Å². The number of aryl methyl sites for hydroxylation is 2. The zero-order valence-corrected chi connectivity index (χ0v) is 10.8. The van der Waals surface area contributed by atoms with Crippen molar-refractivity contribution in [3.8, 4) is 6.07 Å². The van der Waals surface area contributed by atoms with E-state index in [1.807, 2.05) is 6.07 Å². The van der Waals surface area contributed by atoms with Crippen molar-refractivity contribution in [1.29, 1.82) is 5.26 Å². The molecule has 0 aromatic carbocycles. The third kappa shape index (κ3) is 3.67. The van der Waals surface area contributed by atoms with Gasteiger partial charge in [-0.1, -0.05) is 0 Å². The molecule has 7 nitrogen and oxygen atoms in total. The molecule has 0 atom stereocenters. The predicted octanol–water partition coefficient (Wildman–Crippen LogP) is -0.653. The Morgan fingerprint density at radius 2 is 1.84 bits per heavy atom. The molecule has 0 aliphatic carbocycles. The van der Waals surface area contributed by atoms with Crippen molar-refractivity contribution in [3.05, 3.63) is 23.0 Å². The predicted molar refractivity (Wildman–Crippen MR) is 69.0 cm³/mol. The van der Waals surface area contributed by atoms with Gasteiger partial charge in [0.15, 0.2) is 0 Å². The highest BCUT2D eigenvalue weighted by molar-refractivity contribution is 5.85. The van der Waals surface area contributed by atoms with E-state index in [0.717, 1.165) is 0 Å². The second-order valence-electron chi connectivity index (χ2n) is 4.14. The Balaban J connectivity index is 3.32. The minimum atomic E-state index is -0.614. The van der Waals surface area contributed by atoms with Crippen molar-refractivity contribution >= 4 is 17.5 Å². The van der Waals surface area contributed by atoms with Gasteiger partial charge in [0, 0.05) is 5.69 Å². The second-order valence-corrected chi connectivity index (χ2v) is 4.14. The SMILES string of the molecule is Cc1cc(N(CC(N)=O)CC(N)=O)c(C#N)c(C)n1. The number of rotatable bonds is 5. The summed E-state index contributed by atoms with van der Waals surface area (Å²) in [6, 6.07) is 3.63. The molecule has 0 aliphatic heterocycles. The standard InChI is InChI=1S/C12H15N5O2/c1-7-3-10(9(4-13)8(2)16-7)17(5-11(14)18)6-12(15)19/h3H,5-6H2,1-2H3,(H2,14,18)(H2,15,19). The largest absolute Gasteiger partial charge is 0.368 e. The molecule has 4 N–H and O–H groups in total. The minimum Gasteiger partial charge on any atom is -0.368 e. The third-order valence-electron chi connectivity index (χ3n) is 2.45. The lowest BCUT2D eigenvalue weighted by molar-refractivity contribution is -0.117. The molecule has 100 valence electrons. The second kappa shape index (κ2) is 5.82. The lowest BCUT2D eigenvalue weighted by Gasteiger charge is -2.23. The van der Waals surface area contributed by atoms with Crippen LogP contribution in [-0.4, -0.2) is 29.9 Å². The monoisotopic (exact) mass is 261 g/mol. The average Bonchev–Trinajstić information content (AvgIpc) is 2.25. The van der Waals surface area contributed by atoms with Gasteiger partial charge in [0.25, 0.3) is 0 Å². The maximum absolute atomic E-state index is 11.1. The molecule has 0 bridgehead atoms. The van der Waals surface area contributed by atoms with Gasteiger partial charge < -0.3 is 16.4 Å². The summed E-state index contributed by atoms with van der Waals surface area (Å²) in [7, 11) is 0. The number of primary amides is 2. The fourth-order valence-electron chi connectivity index (χ4n) is 1.80. The summed E-state index contributed by atoms with van der Waals surface area (Å²) in [5, 5.41) is 9.16. The number of amides is 2. The number of hydrogen-bond acceptors (Lipinski definition) is 5. The summed E-state index contributed by atoms with van der Waals surface area (Å²) >= 11 is 0. The Morgan fingerprint density at radius 1 is 1.32 bits per heavy atom. The number of carbonyl (C=O) groups excluding carboxylic acids is 2. The van der Waals surface area contributed by atoms with Gasteiger partial charge in [0.05, 0.1) is 30.0 Å². The third-order valence-corrected chi connectivity index (χ3v) is 2.45. The fraction of sp³-hybridized carbons (Fsp3) is 0.333. The minimum absolute atomic E-state index is 0.194. The van der Waals surface area contributed by atoms with Crippen LogP contribution in [0.2, 0.25) is 0 Å². The molecule has 0 spiro atoms. The molecule has 1 heterocycles. The van der Waals surface area contributed by atoms with Crippen LogP contribution in [0, 0.1) is 25.2 Å². The molecule has 0 saturated heterocycles. The van der Waals surface area contributed by atoms with Crippen LogP contribution in [0.5, 0.6) is 0 Å².